The number of ether oxygens (including phenoxy) is 2. The Labute approximate surface area is 181 Å². The van der Waals surface area contributed by atoms with Crippen molar-refractivity contribution in [3.8, 4) is 5.75 Å². The van der Waals surface area contributed by atoms with Crippen LogP contribution in [0, 0.1) is 0 Å². The third kappa shape index (κ3) is 4.49. The number of imide groups is 1. The third-order valence-electron chi connectivity index (χ3n) is 4.55. The molecule has 0 spiro atoms. The fraction of sp³-hybridized carbons (Fsp3) is 0.316. The van der Waals surface area contributed by atoms with Crippen molar-refractivity contribution >= 4 is 40.3 Å². The topological polar surface area (TPSA) is 147 Å². The molecule has 2 heterocycles. The minimum Gasteiger partial charge on any atom is -0.497 e. The highest BCUT2D eigenvalue weighted by molar-refractivity contribution is 7.14. The molecule has 3 N–H and O–H groups in total. The normalized spacial score (nSPS) is 17.7. The van der Waals surface area contributed by atoms with E-state index in [1.807, 2.05) is 0 Å². The fourth-order valence-electron chi connectivity index (χ4n) is 3.04. The maximum absolute atomic E-state index is 13.0. The number of aromatic nitrogens is 1. The molecule has 0 aliphatic carbocycles. The number of amides is 4. The van der Waals surface area contributed by atoms with Gasteiger partial charge in [-0.1, -0.05) is 12.1 Å². The molecule has 1 aromatic heterocycles. The first-order chi connectivity index (χ1) is 14.8. The lowest BCUT2D eigenvalue weighted by atomic mass is 10.1. The smallest absolute Gasteiger partial charge is 0.357 e. The molecule has 11 nitrogen and oxygen atoms in total. The number of carbonyl (C=O) groups is 4. The van der Waals surface area contributed by atoms with E-state index in [1.165, 1.54) is 26.5 Å². The van der Waals surface area contributed by atoms with E-state index in [2.05, 4.69) is 20.4 Å². The average molecular weight is 448 g/mol. The van der Waals surface area contributed by atoms with E-state index in [-0.39, 0.29) is 10.8 Å². The maximum atomic E-state index is 13.0. The molecule has 0 saturated carbocycles. The van der Waals surface area contributed by atoms with Gasteiger partial charge in [0.25, 0.3) is 11.8 Å². The second-order valence-electron chi connectivity index (χ2n) is 6.57. The van der Waals surface area contributed by atoms with E-state index in [4.69, 9.17) is 4.74 Å². The highest BCUT2D eigenvalue weighted by Gasteiger charge is 2.47. The monoisotopic (exact) mass is 448 g/mol. The summed E-state index contributed by atoms with van der Waals surface area (Å²) in [7, 11) is 2.70. The van der Waals surface area contributed by atoms with E-state index in [9.17, 15) is 24.3 Å². The molecular weight excluding hydrogens is 428 g/mol. The molecule has 1 fully saturated rings. The first-order valence-electron chi connectivity index (χ1n) is 9.07. The van der Waals surface area contributed by atoms with E-state index < -0.39 is 42.0 Å². The van der Waals surface area contributed by atoms with E-state index >= 15 is 0 Å². The van der Waals surface area contributed by atoms with Crippen LogP contribution in [0.3, 0.4) is 0 Å². The number of hydrogen-bond donors (Lipinski definition) is 3. The molecule has 1 unspecified atom stereocenters. The van der Waals surface area contributed by atoms with Crippen LogP contribution in [0.5, 0.6) is 5.75 Å². The van der Waals surface area contributed by atoms with Crippen LogP contribution < -0.4 is 15.4 Å². The van der Waals surface area contributed by atoms with Gasteiger partial charge in [-0.3, -0.25) is 9.59 Å². The molecule has 1 aliphatic heterocycles. The lowest BCUT2D eigenvalue weighted by molar-refractivity contribution is -0.137. The predicted octanol–water partition coefficient (Wildman–Crippen LogP) is 0.919. The molecule has 0 radical (unpaired) electrons. The highest BCUT2D eigenvalue weighted by Crippen LogP contribution is 2.27. The van der Waals surface area contributed by atoms with Gasteiger partial charge in [-0.25, -0.2) is 19.5 Å². The van der Waals surface area contributed by atoms with Crippen molar-refractivity contribution in [3.63, 3.8) is 0 Å². The van der Waals surface area contributed by atoms with Gasteiger partial charge in [-0.15, -0.1) is 11.3 Å². The van der Waals surface area contributed by atoms with Crippen LogP contribution >= 0.6 is 11.3 Å². The molecule has 1 aliphatic rings. The van der Waals surface area contributed by atoms with Gasteiger partial charge >= 0.3 is 12.0 Å². The molecule has 2 aromatic rings. The van der Waals surface area contributed by atoms with Crippen LogP contribution in [0.2, 0.25) is 0 Å². The summed E-state index contributed by atoms with van der Waals surface area (Å²) in [4.78, 5) is 54.4. The first-order valence-corrected chi connectivity index (χ1v) is 9.95. The molecule has 0 bridgehead atoms. The summed E-state index contributed by atoms with van der Waals surface area (Å²) >= 11 is 0.954. The molecule has 1 aromatic carbocycles. The van der Waals surface area contributed by atoms with Gasteiger partial charge < -0.3 is 25.2 Å². The number of benzene rings is 1. The van der Waals surface area contributed by atoms with Crippen LogP contribution in [0.1, 0.15) is 29.0 Å². The molecule has 1 saturated heterocycles. The van der Waals surface area contributed by atoms with Crippen LogP contribution in [-0.4, -0.2) is 65.2 Å². The third-order valence-corrected chi connectivity index (χ3v) is 5.31. The fourth-order valence-corrected chi connectivity index (χ4v) is 3.72. The summed E-state index contributed by atoms with van der Waals surface area (Å²) in [5.41, 5.74) is 0.486. The number of urea groups is 1. The van der Waals surface area contributed by atoms with Crippen molar-refractivity contribution < 1.29 is 33.8 Å². The number of carbonyl (C=O) groups excluding carboxylic acids is 4. The Bertz CT molecular complexity index is 1000. The second kappa shape index (κ2) is 9.10. The number of rotatable bonds is 7. The lowest BCUT2D eigenvalue weighted by Gasteiger charge is -2.26. The number of thiazole rings is 1. The van der Waals surface area contributed by atoms with Crippen LogP contribution in [-0.2, 0) is 14.3 Å². The van der Waals surface area contributed by atoms with Crippen molar-refractivity contribution in [3.05, 3.63) is 40.9 Å². The molecule has 164 valence electrons. The Kier molecular flexibility index (Phi) is 6.51. The zero-order valence-electron chi connectivity index (χ0n) is 16.8. The predicted molar refractivity (Wildman–Crippen MR) is 109 cm³/mol. The number of nitrogens with zero attached hydrogens (tertiary/aromatic N) is 2. The Morgan fingerprint density at radius 2 is 1.94 bits per heavy atom. The summed E-state index contributed by atoms with van der Waals surface area (Å²) in [6.07, 6.45) is -1.37. The number of nitrogens with one attached hydrogen (secondary N) is 2. The van der Waals surface area contributed by atoms with Gasteiger partial charge in [0.2, 0.25) is 0 Å². The summed E-state index contributed by atoms with van der Waals surface area (Å²) in [6.45, 7) is 1.28. The number of aliphatic hydroxyl groups excluding tert-OH is 1. The highest BCUT2D eigenvalue weighted by atomic mass is 32.1. The van der Waals surface area contributed by atoms with Crippen molar-refractivity contribution in [2.24, 2.45) is 0 Å². The van der Waals surface area contributed by atoms with Gasteiger partial charge in [0.15, 0.2) is 10.8 Å². The van der Waals surface area contributed by atoms with Crippen molar-refractivity contribution in [2.75, 3.05) is 19.5 Å². The SMILES string of the molecule is COC(=O)c1csc(NC(=O)[C@H]([C@@H](C)O)N2C(=O)NC(c3ccc(OC)cc3)C2=O)n1. The van der Waals surface area contributed by atoms with E-state index in [1.54, 1.807) is 24.3 Å². The molecule has 31 heavy (non-hydrogen) atoms. The number of anilines is 1. The zero-order valence-corrected chi connectivity index (χ0v) is 17.6. The maximum Gasteiger partial charge on any atom is 0.357 e. The summed E-state index contributed by atoms with van der Waals surface area (Å²) < 4.78 is 9.64. The Balaban J connectivity index is 1.80. The van der Waals surface area contributed by atoms with Gasteiger partial charge in [0.1, 0.15) is 17.8 Å². The van der Waals surface area contributed by atoms with Gasteiger partial charge in [0, 0.05) is 5.38 Å². The number of hydrogen-bond acceptors (Lipinski definition) is 9. The standard InChI is InChI=1S/C19H20N4O7S/c1-9(24)14(15(25)22-18-20-12(8-31-18)17(27)30-3)23-16(26)13(21-19(23)28)10-4-6-11(29-2)7-5-10/h4-9,13-14,24H,1-3H3,(H,21,28)(H,20,22,25)/t9-,13?,14+/m1/s1. The molecule has 12 heteroatoms. The average Bonchev–Trinajstić information content (AvgIpc) is 3.33. The molecular formula is C19H20N4O7S. The van der Waals surface area contributed by atoms with Crippen molar-refractivity contribution in [1.82, 2.24) is 15.2 Å². The lowest BCUT2D eigenvalue weighted by Crippen LogP contribution is -2.53. The van der Waals surface area contributed by atoms with Gasteiger partial charge in [-0.2, -0.15) is 0 Å². The largest absolute Gasteiger partial charge is 0.497 e. The number of methoxy groups -OCH3 is 2. The van der Waals surface area contributed by atoms with Crippen LogP contribution in [0.15, 0.2) is 29.6 Å². The molecule has 4 amide bonds. The van der Waals surface area contributed by atoms with Crippen molar-refractivity contribution in [1.29, 1.82) is 0 Å². The number of aliphatic hydroxyl groups is 1. The summed E-state index contributed by atoms with van der Waals surface area (Å²) in [6, 6.07) is 3.16. The van der Waals surface area contributed by atoms with Crippen LogP contribution in [0.25, 0.3) is 0 Å². The minimum absolute atomic E-state index is 0.00837. The molecule has 3 rings (SSSR count). The van der Waals surface area contributed by atoms with Crippen LogP contribution in [0.4, 0.5) is 9.93 Å². The summed E-state index contributed by atoms with van der Waals surface area (Å²) in [5, 5.41) is 16.5. The summed E-state index contributed by atoms with van der Waals surface area (Å²) in [5.74, 6) is -1.63. The van der Waals surface area contributed by atoms with Gasteiger partial charge in [0.05, 0.1) is 20.3 Å². The Morgan fingerprint density at radius 3 is 2.52 bits per heavy atom. The van der Waals surface area contributed by atoms with Gasteiger partial charge in [-0.05, 0) is 24.6 Å². The van der Waals surface area contributed by atoms with E-state index in [0.29, 0.717) is 16.2 Å². The Morgan fingerprint density at radius 1 is 1.26 bits per heavy atom. The molecule has 3 atom stereocenters. The van der Waals surface area contributed by atoms with E-state index in [0.717, 1.165) is 11.3 Å². The Hall–Kier alpha value is -3.51. The minimum atomic E-state index is -1.51. The quantitative estimate of drug-likeness (QED) is 0.418. The second-order valence-corrected chi connectivity index (χ2v) is 7.43. The van der Waals surface area contributed by atoms with Crippen molar-refractivity contribution in [2.45, 2.75) is 25.1 Å². The zero-order chi connectivity index (χ0) is 22.7. The number of esters is 1. The first kappa shape index (κ1) is 22.2.